The summed E-state index contributed by atoms with van der Waals surface area (Å²) in [5.74, 6) is 0. The molecular weight excluding hydrogens is 244 g/mol. The SMILES string of the molecule is CC=C(C)CN1CCN(c2cccc(Cl)c2)CC1. The second kappa shape index (κ2) is 6.26. The van der Waals surface area contributed by atoms with E-state index in [0.717, 1.165) is 37.7 Å². The van der Waals surface area contributed by atoms with Gasteiger partial charge in [-0.2, -0.15) is 0 Å². The Labute approximate surface area is 115 Å². The van der Waals surface area contributed by atoms with Gasteiger partial charge in [-0.25, -0.2) is 0 Å². The van der Waals surface area contributed by atoms with Crippen molar-refractivity contribution in [3.63, 3.8) is 0 Å². The predicted octanol–water partition coefficient (Wildman–Crippen LogP) is 3.43. The number of hydrogen-bond donors (Lipinski definition) is 0. The highest BCUT2D eigenvalue weighted by atomic mass is 35.5. The monoisotopic (exact) mass is 264 g/mol. The molecule has 1 fully saturated rings. The minimum Gasteiger partial charge on any atom is -0.369 e. The molecule has 0 amide bonds. The van der Waals surface area contributed by atoms with Crippen LogP contribution in [0.1, 0.15) is 13.8 Å². The van der Waals surface area contributed by atoms with E-state index in [1.165, 1.54) is 11.3 Å². The highest BCUT2D eigenvalue weighted by Gasteiger charge is 2.17. The summed E-state index contributed by atoms with van der Waals surface area (Å²) in [5.41, 5.74) is 2.69. The summed E-state index contributed by atoms with van der Waals surface area (Å²) in [6, 6.07) is 8.14. The second-order valence-electron chi connectivity index (χ2n) is 4.88. The third-order valence-electron chi connectivity index (χ3n) is 3.51. The van der Waals surface area contributed by atoms with Crippen LogP contribution >= 0.6 is 11.6 Å². The van der Waals surface area contributed by atoms with Crippen molar-refractivity contribution in [3.8, 4) is 0 Å². The summed E-state index contributed by atoms with van der Waals surface area (Å²) in [6.07, 6.45) is 2.20. The fraction of sp³-hybridized carbons (Fsp3) is 0.467. The maximum atomic E-state index is 6.04. The fourth-order valence-corrected chi connectivity index (χ4v) is 2.47. The molecule has 1 aliphatic rings. The largest absolute Gasteiger partial charge is 0.369 e. The average molecular weight is 265 g/mol. The van der Waals surface area contributed by atoms with Gasteiger partial charge in [0.25, 0.3) is 0 Å². The Bertz CT molecular complexity index is 420. The quantitative estimate of drug-likeness (QED) is 0.772. The number of benzene rings is 1. The Morgan fingerprint density at radius 1 is 1.28 bits per heavy atom. The number of piperazine rings is 1. The molecule has 0 N–H and O–H groups in total. The lowest BCUT2D eigenvalue weighted by atomic mass is 10.2. The van der Waals surface area contributed by atoms with Crippen molar-refractivity contribution in [1.29, 1.82) is 0 Å². The van der Waals surface area contributed by atoms with Crippen molar-refractivity contribution in [2.75, 3.05) is 37.6 Å². The lowest BCUT2D eigenvalue weighted by molar-refractivity contribution is 0.278. The van der Waals surface area contributed by atoms with Crippen LogP contribution in [0.2, 0.25) is 5.02 Å². The van der Waals surface area contributed by atoms with Crippen LogP contribution in [0.15, 0.2) is 35.9 Å². The van der Waals surface area contributed by atoms with Gasteiger partial charge in [0.15, 0.2) is 0 Å². The van der Waals surface area contributed by atoms with Gasteiger partial charge in [-0.1, -0.05) is 29.3 Å². The van der Waals surface area contributed by atoms with E-state index in [1.54, 1.807) is 0 Å². The van der Waals surface area contributed by atoms with Gasteiger partial charge in [-0.3, -0.25) is 4.90 Å². The molecule has 1 heterocycles. The molecule has 0 aromatic heterocycles. The molecule has 0 radical (unpaired) electrons. The van der Waals surface area contributed by atoms with Gasteiger partial charge < -0.3 is 4.90 Å². The maximum Gasteiger partial charge on any atom is 0.0426 e. The highest BCUT2D eigenvalue weighted by molar-refractivity contribution is 6.30. The van der Waals surface area contributed by atoms with Crippen LogP contribution in [0.25, 0.3) is 0 Å². The van der Waals surface area contributed by atoms with Crippen molar-refractivity contribution >= 4 is 17.3 Å². The van der Waals surface area contributed by atoms with Gasteiger partial charge in [-0.05, 0) is 32.0 Å². The Morgan fingerprint density at radius 3 is 2.61 bits per heavy atom. The number of hydrogen-bond acceptors (Lipinski definition) is 2. The molecule has 0 bridgehead atoms. The molecule has 0 spiro atoms. The van der Waals surface area contributed by atoms with E-state index in [2.05, 4.69) is 41.9 Å². The zero-order chi connectivity index (χ0) is 13.0. The first-order valence-corrected chi connectivity index (χ1v) is 6.91. The molecule has 1 aliphatic heterocycles. The number of rotatable bonds is 3. The van der Waals surface area contributed by atoms with E-state index in [9.17, 15) is 0 Å². The molecule has 3 heteroatoms. The smallest absolute Gasteiger partial charge is 0.0426 e. The lowest BCUT2D eigenvalue weighted by Crippen LogP contribution is -2.46. The van der Waals surface area contributed by atoms with Crippen LogP contribution in [-0.4, -0.2) is 37.6 Å². The van der Waals surface area contributed by atoms with E-state index in [1.807, 2.05) is 12.1 Å². The Morgan fingerprint density at radius 2 is 2.00 bits per heavy atom. The number of halogens is 1. The Hall–Kier alpha value is -0.990. The summed E-state index contributed by atoms with van der Waals surface area (Å²) in [6.45, 7) is 9.81. The normalized spacial score (nSPS) is 18.2. The molecule has 0 aliphatic carbocycles. The van der Waals surface area contributed by atoms with Crippen molar-refractivity contribution < 1.29 is 0 Å². The molecule has 2 rings (SSSR count). The topological polar surface area (TPSA) is 6.48 Å². The molecule has 0 unspecified atom stereocenters. The van der Waals surface area contributed by atoms with Gasteiger partial charge in [0, 0.05) is 43.4 Å². The molecule has 0 atom stereocenters. The van der Waals surface area contributed by atoms with Crippen molar-refractivity contribution in [1.82, 2.24) is 4.90 Å². The maximum absolute atomic E-state index is 6.04. The molecule has 98 valence electrons. The van der Waals surface area contributed by atoms with E-state index >= 15 is 0 Å². The molecule has 1 aromatic carbocycles. The van der Waals surface area contributed by atoms with Crippen molar-refractivity contribution in [2.24, 2.45) is 0 Å². The number of anilines is 1. The minimum absolute atomic E-state index is 0.819. The third-order valence-corrected chi connectivity index (χ3v) is 3.75. The predicted molar refractivity (Wildman–Crippen MR) is 79.5 cm³/mol. The van der Waals surface area contributed by atoms with Gasteiger partial charge in [0.1, 0.15) is 0 Å². The van der Waals surface area contributed by atoms with Crippen LogP contribution < -0.4 is 4.90 Å². The first-order valence-electron chi connectivity index (χ1n) is 6.53. The van der Waals surface area contributed by atoms with Crippen LogP contribution in [0.4, 0.5) is 5.69 Å². The number of nitrogens with zero attached hydrogens (tertiary/aromatic N) is 2. The minimum atomic E-state index is 0.819. The first kappa shape index (κ1) is 13.4. The average Bonchev–Trinajstić information content (AvgIpc) is 2.39. The van der Waals surface area contributed by atoms with Gasteiger partial charge in [0.05, 0.1) is 0 Å². The summed E-state index contributed by atoms with van der Waals surface area (Å²) in [4.78, 5) is 4.92. The second-order valence-corrected chi connectivity index (χ2v) is 5.31. The molecule has 18 heavy (non-hydrogen) atoms. The van der Waals surface area contributed by atoms with Gasteiger partial charge in [-0.15, -0.1) is 0 Å². The van der Waals surface area contributed by atoms with Crippen LogP contribution in [-0.2, 0) is 0 Å². The highest BCUT2D eigenvalue weighted by Crippen LogP contribution is 2.20. The van der Waals surface area contributed by atoms with Gasteiger partial charge in [0.2, 0.25) is 0 Å². The van der Waals surface area contributed by atoms with E-state index in [-0.39, 0.29) is 0 Å². The summed E-state index contributed by atoms with van der Waals surface area (Å²) < 4.78 is 0. The molecular formula is C15H21ClN2. The Balaban J connectivity index is 1.90. The molecule has 0 saturated carbocycles. The zero-order valence-corrected chi connectivity index (χ0v) is 12.0. The van der Waals surface area contributed by atoms with Gasteiger partial charge >= 0.3 is 0 Å². The summed E-state index contributed by atoms with van der Waals surface area (Å²) >= 11 is 6.04. The van der Waals surface area contributed by atoms with Crippen LogP contribution in [0.5, 0.6) is 0 Å². The third kappa shape index (κ3) is 3.50. The summed E-state index contributed by atoms with van der Waals surface area (Å²) in [7, 11) is 0. The zero-order valence-electron chi connectivity index (χ0n) is 11.2. The Kier molecular flexibility index (Phi) is 4.67. The van der Waals surface area contributed by atoms with Crippen molar-refractivity contribution in [2.45, 2.75) is 13.8 Å². The fourth-order valence-electron chi connectivity index (χ4n) is 2.28. The van der Waals surface area contributed by atoms with E-state index in [4.69, 9.17) is 11.6 Å². The molecule has 1 aromatic rings. The van der Waals surface area contributed by atoms with Crippen molar-refractivity contribution in [3.05, 3.63) is 40.9 Å². The van der Waals surface area contributed by atoms with Crippen LogP contribution in [0, 0.1) is 0 Å². The molecule has 1 saturated heterocycles. The summed E-state index contributed by atoms with van der Waals surface area (Å²) in [5, 5.41) is 0.819. The van der Waals surface area contributed by atoms with Crippen LogP contribution in [0.3, 0.4) is 0 Å². The first-order chi connectivity index (χ1) is 8.69. The number of allylic oxidation sites excluding steroid dienone is 1. The molecule has 2 nitrogen and oxygen atoms in total. The standard InChI is InChI=1S/C15H21ClN2/c1-3-13(2)12-17-7-9-18(10-8-17)15-6-4-5-14(16)11-15/h3-6,11H,7-10,12H2,1-2H3. The van der Waals surface area contributed by atoms with E-state index in [0.29, 0.717) is 0 Å². The lowest BCUT2D eigenvalue weighted by Gasteiger charge is -2.36. The van der Waals surface area contributed by atoms with E-state index < -0.39 is 0 Å².